The number of aryl methyl sites for hydroxylation is 1. The predicted octanol–water partition coefficient (Wildman–Crippen LogP) is 3.52. The van der Waals surface area contributed by atoms with E-state index in [2.05, 4.69) is 20.6 Å². The van der Waals surface area contributed by atoms with Crippen LogP contribution in [0.15, 0.2) is 39.6 Å². The standard InChI is InChI=1S/C18H24F3N5OS.HI/c1-2-22-17(23-9-4-6-12-26-11-5-3-7-16(26)27)24-10-8-15-25-14(13-28-15)18(19,20)21;/h3,5,7,11,13H,2,4,6,8-10,12H2,1H3,(H2,22,23,24);1H. The fraction of sp³-hybridized carbons (Fsp3) is 0.500. The number of halogens is 4. The lowest BCUT2D eigenvalue weighted by atomic mass is 10.3. The Hall–Kier alpha value is -1.63. The highest BCUT2D eigenvalue weighted by Gasteiger charge is 2.33. The van der Waals surface area contributed by atoms with Gasteiger partial charge in [0.15, 0.2) is 11.7 Å². The van der Waals surface area contributed by atoms with Crippen LogP contribution in [-0.4, -0.2) is 35.1 Å². The number of pyridine rings is 1. The molecule has 2 aromatic heterocycles. The van der Waals surface area contributed by atoms with E-state index in [1.54, 1.807) is 16.8 Å². The van der Waals surface area contributed by atoms with Gasteiger partial charge < -0.3 is 15.2 Å². The summed E-state index contributed by atoms with van der Waals surface area (Å²) in [6.45, 7) is 4.30. The van der Waals surface area contributed by atoms with E-state index in [1.165, 1.54) is 6.07 Å². The second kappa shape index (κ2) is 12.8. The number of alkyl halides is 3. The molecule has 2 heterocycles. The second-order valence-electron chi connectivity index (χ2n) is 6.00. The third-order valence-electron chi connectivity index (χ3n) is 3.79. The summed E-state index contributed by atoms with van der Waals surface area (Å²) in [7, 11) is 0. The van der Waals surface area contributed by atoms with Crippen LogP contribution in [-0.2, 0) is 19.1 Å². The van der Waals surface area contributed by atoms with Crippen molar-refractivity contribution >= 4 is 41.3 Å². The van der Waals surface area contributed by atoms with Gasteiger partial charge in [0.2, 0.25) is 5.56 Å². The van der Waals surface area contributed by atoms with Gasteiger partial charge in [0.1, 0.15) is 0 Å². The van der Waals surface area contributed by atoms with Crippen LogP contribution in [0.4, 0.5) is 13.2 Å². The molecule has 0 aliphatic rings. The van der Waals surface area contributed by atoms with Gasteiger partial charge >= 0.3 is 6.18 Å². The molecule has 162 valence electrons. The largest absolute Gasteiger partial charge is 0.434 e. The number of thiazole rings is 1. The average molecular weight is 543 g/mol. The molecule has 0 bridgehead atoms. The molecule has 0 radical (unpaired) electrons. The van der Waals surface area contributed by atoms with Gasteiger partial charge in [0.05, 0.1) is 5.01 Å². The Kier molecular flexibility index (Phi) is 11.2. The lowest BCUT2D eigenvalue weighted by Gasteiger charge is -2.10. The molecule has 0 spiro atoms. The number of aromatic nitrogens is 2. The van der Waals surface area contributed by atoms with Crippen molar-refractivity contribution in [1.29, 1.82) is 0 Å². The zero-order valence-corrected chi connectivity index (χ0v) is 19.2. The van der Waals surface area contributed by atoms with E-state index in [-0.39, 0.29) is 29.5 Å². The van der Waals surface area contributed by atoms with Crippen molar-refractivity contribution in [2.24, 2.45) is 4.99 Å². The fourth-order valence-corrected chi connectivity index (χ4v) is 3.22. The van der Waals surface area contributed by atoms with Gasteiger partial charge in [0, 0.05) is 50.2 Å². The van der Waals surface area contributed by atoms with Gasteiger partial charge in [-0.3, -0.25) is 9.79 Å². The summed E-state index contributed by atoms with van der Waals surface area (Å²) in [5.41, 5.74) is -0.859. The van der Waals surface area contributed by atoms with E-state index in [0.717, 1.165) is 29.6 Å². The number of aliphatic imine (C=N–C) groups is 1. The van der Waals surface area contributed by atoms with Crippen LogP contribution in [0.25, 0.3) is 0 Å². The maximum absolute atomic E-state index is 12.6. The molecule has 0 amide bonds. The summed E-state index contributed by atoms with van der Waals surface area (Å²) in [4.78, 5) is 19.7. The normalized spacial score (nSPS) is 11.8. The lowest BCUT2D eigenvalue weighted by molar-refractivity contribution is -0.140. The summed E-state index contributed by atoms with van der Waals surface area (Å²) in [5, 5.41) is 7.68. The van der Waals surface area contributed by atoms with Gasteiger partial charge in [-0.1, -0.05) is 6.07 Å². The first kappa shape index (κ1) is 25.4. The van der Waals surface area contributed by atoms with Crippen molar-refractivity contribution in [3.8, 4) is 0 Å². The van der Waals surface area contributed by atoms with Gasteiger partial charge in [0.25, 0.3) is 0 Å². The summed E-state index contributed by atoms with van der Waals surface area (Å²) in [6.07, 6.45) is -0.600. The molecule has 0 fully saturated rings. The molecule has 11 heteroatoms. The highest BCUT2D eigenvalue weighted by atomic mass is 127. The van der Waals surface area contributed by atoms with E-state index in [4.69, 9.17) is 0 Å². The van der Waals surface area contributed by atoms with Crippen LogP contribution >= 0.6 is 35.3 Å². The van der Waals surface area contributed by atoms with Gasteiger partial charge in [-0.15, -0.1) is 35.3 Å². The molecular weight excluding hydrogens is 518 g/mol. The summed E-state index contributed by atoms with van der Waals surface area (Å²) in [5.74, 6) is 0.618. The van der Waals surface area contributed by atoms with Crippen molar-refractivity contribution < 1.29 is 13.2 Å². The molecule has 0 saturated carbocycles. The Morgan fingerprint density at radius 3 is 2.72 bits per heavy atom. The maximum Gasteiger partial charge on any atom is 0.434 e. The quantitative estimate of drug-likeness (QED) is 0.220. The molecule has 29 heavy (non-hydrogen) atoms. The first-order valence-corrected chi connectivity index (χ1v) is 9.97. The van der Waals surface area contributed by atoms with E-state index < -0.39 is 11.9 Å². The van der Waals surface area contributed by atoms with Crippen molar-refractivity contribution in [3.63, 3.8) is 0 Å². The molecule has 2 N–H and O–H groups in total. The smallest absolute Gasteiger partial charge is 0.357 e. The molecule has 0 aliphatic carbocycles. The first-order chi connectivity index (χ1) is 13.4. The predicted molar refractivity (Wildman–Crippen MR) is 120 cm³/mol. The summed E-state index contributed by atoms with van der Waals surface area (Å²) in [6, 6.07) is 5.07. The number of rotatable bonds is 9. The Morgan fingerprint density at radius 2 is 2.07 bits per heavy atom. The molecule has 0 atom stereocenters. The first-order valence-electron chi connectivity index (χ1n) is 9.09. The zero-order chi connectivity index (χ0) is 20.4. The average Bonchev–Trinajstić information content (AvgIpc) is 3.12. The minimum Gasteiger partial charge on any atom is -0.357 e. The topological polar surface area (TPSA) is 71.3 Å². The van der Waals surface area contributed by atoms with Crippen molar-refractivity contribution in [2.45, 2.75) is 38.9 Å². The number of hydrogen-bond acceptors (Lipinski definition) is 4. The number of nitrogens with one attached hydrogen (secondary N) is 2. The van der Waals surface area contributed by atoms with Crippen LogP contribution in [0.3, 0.4) is 0 Å². The van der Waals surface area contributed by atoms with E-state index >= 15 is 0 Å². The van der Waals surface area contributed by atoms with Crippen LogP contribution in [0.5, 0.6) is 0 Å². The van der Waals surface area contributed by atoms with E-state index in [0.29, 0.717) is 43.6 Å². The Bertz CT molecular complexity index is 822. The van der Waals surface area contributed by atoms with Crippen molar-refractivity contribution in [3.05, 3.63) is 50.8 Å². The fourth-order valence-electron chi connectivity index (χ4n) is 2.42. The molecular formula is C18H25F3IN5OS. The number of unbranched alkanes of at least 4 members (excludes halogenated alkanes) is 1. The van der Waals surface area contributed by atoms with Crippen LogP contribution < -0.4 is 16.2 Å². The molecule has 0 unspecified atom stereocenters. The maximum atomic E-state index is 12.6. The van der Waals surface area contributed by atoms with Gasteiger partial charge in [-0.05, 0) is 25.8 Å². The van der Waals surface area contributed by atoms with Crippen LogP contribution in [0.2, 0.25) is 0 Å². The Labute approximate surface area is 188 Å². The Morgan fingerprint density at radius 1 is 1.28 bits per heavy atom. The zero-order valence-electron chi connectivity index (χ0n) is 16.0. The monoisotopic (exact) mass is 543 g/mol. The summed E-state index contributed by atoms with van der Waals surface area (Å²) >= 11 is 1.01. The molecule has 0 aliphatic heterocycles. The third kappa shape index (κ3) is 9.15. The van der Waals surface area contributed by atoms with Gasteiger partial charge in [-0.2, -0.15) is 13.2 Å². The number of nitrogens with zero attached hydrogens (tertiary/aromatic N) is 3. The van der Waals surface area contributed by atoms with Crippen LogP contribution in [0, 0.1) is 0 Å². The highest BCUT2D eigenvalue weighted by Crippen LogP contribution is 2.29. The van der Waals surface area contributed by atoms with E-state index in [9.17, 15) is 18.0 Å². The molecule has 6 nitrogen and oxygen atoms in total. The second-order valence-corrected chi connectivity index (χ2v) is 6.94. The summed E-state index contributed by atoms with van der Waals surface area (Å²) < 4.78 is 39.4. The lowest BCUT2D eigenvalue weighted by Crippen LogP contribution is -2.38. The molecule has 2 aromatic rings. The third-order valence-corrected chi connectivity index (χ3v) is 4.70. The van der Waals surface area contributed by atoms with Crippen LogP contribution in [0.1, 0.15) is 30.5 Å². The minimum absolute atomic E-state index is 0. The number of guanidine groups is 1. The highest BCUT2D eigenvalue weighted by molar-refractivity contribution is 14.0. The van der Waals surface area contributed by atoms with E-state index in [1.807, 2.05) is 13.0 Å². The minimum atomic E-state index is -4.40. The number of hydrogen-bond donors (Lipinski definition) is 2. The van der Waals surface area contributed by atoms with Crippen molar-refractivity contribution in [1.82, 2.24) is 20.2 Å². The SMILES string of the molecule is CCNC(=NCCCCn1ccccc1=O)NCCc1nc(C(F)(F)F)cs1.I. The van der Waals surface area contributed by atoms with Crippen molar-refractivity contribution in [2.75, 3.05) is 19.6 Å². The molecule has 0 aromatic carbocycles. The van der Waals surface area contributed by atoms with Gasteiger partial charge in [-0.25, -0.2) is 4.98 Å². The molecule has 0 saturated heterocycles. The Balaban J connectivity index is 0.00000420. The molecule has 2 rings (SSSR count).